The van der Waals surface area contributed by atoms with Gasteiger partial charge in [0.05, 0.1) is 0 Å². The first kappa shape index (κ1) is 15.0. The summed E-state index contributed by atoms with van der Waals surface area (Å²) in [5.74, 6) is -0.956. The Hall–Kier alpha value is -2.08. The van der Waals surface area contributed by atoms with E-state index in [0.29, 0.717) is 25.9 Å². The summed E-state index contributed by atoms with van der Waals surface area (Å²) in [5, 5.41) is 21.8. The zero-order valence-electron chi connectivity index (χ0n) is 10.7. The molecular formula is C13H20N4O2. The summed E-state index contributed by atoms with van der Waals surface area (Å²) < 4.78 is 0. The summed E-state index contributed by atoms with van der Waals surface area (Å²) in [6, 6.07) is 9.07. The number of aliphatic carboxylic acids is 1. The third kappa shape index (κ3) is 6.42. The summed E-state index contributed by atoms with van der Waals surface area (Å²) in [7, 11) is 0. The molecule has 0 amide bonds. The number of nitrogens with two attached hydrogens (primary N) is 1. The minimum Gasteiger partial charge on any atom is -0.480 e. The van der Waals surface area contributed by atoms with Crippen LogP contribution in [0.1, 0.15) is 18.4 Å². The predicted molar refractivity (Wildman–Crippen MR) is 73.9 cm³/mol. The van der Waals surface area contributed by atoms with Crippen molar-refractivity contribution in [2.45, 2.75) is 25.4 Å². The Labute approximate surface area is 112 Å². The standard InChI is InChI=1S/C13H20N4O2/c14-13(15)16-8-4-7-11(12(18)19)17-9-10-5-2-1-3-6-10/h1-3,5-6,11,17H,4,7-9H2,(H,18,19)(H4,14,15,16)/t11-/m0/s1. The number of hydrogen-bond donors (Lipinski definition) is 5. The van der Waals surface area contributed by atoms with Crippen molar-refractivity contribution in [3.05, 3.63) is 35.9 Å². The molecule has 1 aromatic rings. The number of carbonyl (C=O) groups is 1. The zero-order chi connectivity index (χ0) is 14.1. The lowest BCUT2D eigenvalue weighted by molar-refractivity contribution is -0.139. The van der Waals surface area contributed by atoms with Gasteiger partial charge in [0.2, 0.25) is 0 Å². The first-order valence-electron chi connectivity index (χ1n) is 6.17. The average Bonchev–Trinajstić information content (AvgIpc) is 2.38. The molecule has 0 aliphatic carbocycles. The largest absolute Gasteiger partial charge is 0.480 e. The fourth-order valence-electron chi connectivity index (χ4n) is 1.68. The number of nitrogens with one attached hydrogen (secondary N) is 3. The summed E-state index contributed by atoms with van der Waals surface area (Å²) in [5.41, 5.74) is 6.20. The number of rotatable bonds is 8. The van der Waals surface area contributed by atoms with E-state index < -0.39 is 12.0 Å². The summed E-state index contributed by atoms with van der Waals surface area (Å²) in [4.78, 5) is 11.1. The van der Waals surface area contributed by atoms with Crippen LogP contribution in [0.2, 0.25) is 0 Å². The second-order valence-electron chi connectivity index (χ2n) is 4.24. The predicted octanol–water partition coefficient (Wildman–Crippen LogP) is 0.493. The molecule has 6 nitrogen and oxygen atoms in total. The molecule has 104 valence electrons. The Bertz CT molecular complexity index is 408. The van der Waals surface area contributed by atoms with Gasteiger partial charge in [-0.25, -0.2) is 0 Å². The highest BCUT2D eigenvalue weighted by molar-refractivity contribution is 5.74. The molecule has 0 bridgehead atoms. The Balaban J connectivity index is 2.32. The quantitative estimate of drug-likeness (QED) is 0.266. The van der Waals surface area contributed by atoms with Crippen LogP contribution in [0.4, 0.5) is 0 Å². The van der Waals surface area contributed by atoms with Crippen LogP contribution < -0.4 is 16.4 Å². The molecule has 0 fully saturated rings. The molecule has 0 radical (unpaired) electrons. The molecule has 0 saturated heterocycles. The van der Waals surface area contributed by atoms with E-state index in [4.69, 9.17) is 16.2 Å². The van der Waals surface area contributed by atoms with Crippen molar-refractivity contribution in [3.63, 3.8) is 0 Å². The maximum Gasteiger partial charge on any atom is 0.320 e. The molecule has 6 heteroatoms. The lowest BCUT2D eigenvalue weighted by Crippen LogP contribution is -2.37. The highest BCUT2D eigenvalue weighted by Gasteiger charge is 2.15. The number of carboxylic acids is 1. The van der Waals surface area contributed by atoms with E-state index >= 15 is 0 Å². The molecule has 0 saturated carbocycles. The Morgan fingerprint density at radius 1 is 1.37 bits per heavy atom. The van der Waals surface area contributed by atoms with E-state index in [0.717, 1.165) is 5.56 Å². The zero-order valence-corrected chi connectivity index (χ0v) is 10.7. The monoisotopic (exact) mass is 264 g/mol. The highest BCUT2D eigenvalue weighted by Crippen LogP contribution is 2.02. The third-order valence-corrected chi connectivity index (χ3v) is 2.68. The Kier molecular flexibility index (Phi) is 6.38. The van der Waals surface area contributed by atoms with E-state index in [1.807, 2.05) is 30.3 Å². The fraction of sp³-hybridized carbons (Fsp3) is 0.385. The van der Waals surface area contributed by atoms with Crippen molar-refractivity contribution >= 4 is 11.9 Å². The maximum absolute atomic E-state index is 11.1. The van der Waals surface area contributed by atoms with Crippen molar-refractivity contribution in [2.75, 3.05) is 6.54 Å². The van der Waals surface area contributed by atoms with Crippen LogP contribution in [-0.2, 0) is 11.3 Å². The number of hydrogen-bond acceptors (Lipinski definition) is 3. The van der Waals surface area contributed by atoms with Crippen LogP contribution in [0.5, 0.6) is 0 Å². The van der Waals surface area contributed by atoms with E-state index in [-0.39, 0.29) is 5.96 Å². The van der Waals surface area contributed by atoms with Gasteiger partial charge in [-0.1, -0.05) is 30.3 Å². The summed E-state index contributed by atoms with van der Waals surface area (Å²) in [6.45, 7) is 1.03. The molecule has 0 aromatic heterocycles. The smallest absolute Gasteiger partial charge is 0.320 e. The molecule has 0 spiro atoms. The van der Waals surface area contributed by atoms with Crippen molar-refractivity contribution in [3.8, 4) is 0 Å². The molecule has 19 heavy (non-hydrogen) atoms. The van der Waals surface area contributed by atoms with E-state index in [9.17, 15) is 4.79 Å². The molecule has 0 aliphatic rings. The molecule has 1 rings (SSSR count). The maximum atomic E-state index is 11.1. The van der Waals surface area contributed by atoms with Crippen LogP contribution >= 0.6 is 0 Å². The molecule has 6 N–H and O–H groups in total. The molecular weight excluding hydrogens is 244 g/mol. The third-order valence-electron chi connectivity index (χ3n) is 2.68. The van der Waals surface area contributed by atoms with Gasteiger partial charge in [0, 0.05) is 13.1 Å². The minimum absolute atomic E-state index is 0.0934. The SMILES string of the molecule is N=C(N)NCCC[C@H](NCc1ccccc1)C(=O)O. The summed E-state index contributed by atoms with van der Waals surface area (Å²) >= 11 is 0. The van der Waals surface area contributed by atoms with Crippen LogP contribution in [0.15, 0.2) is 30.3 Å². The fourth-order valence-corrected chi connectivity index (χ4v) is 1.68. The van der Waals surface area contributed by atoms with Crippen LogP contribution in [0, 0.1) is 5.41 Å². The van der Waals surface area contributed by atoms with Gasteiger partial charge in [0.1, 0.15) is 6.04 Å². The first-order chi connectivity index (χ1) is 9.09. The van der Waals surface area contributed by atoms with E-state index in [2.05, 4.69) is 10.6 Å². The van der Waals surface area contributed by atoms with Gasteiger partial charge in [-0.15, -0.1) is 0 Å². The lowest BCUT2D eigenvalue weighted by atomic mass is 10.1. The summed E-state index contributed by atoms with van der Waals surface area (Å²) in [6.07, 6.45) is 1.13. The van der Waals surface area contributed by atoms with Crippen molar-refractivity contribution in [1.29, 1.82) is 5.41 Å². The molecule has 1 aromatic carbocycles. The van der Waals surface area contributed by atoms with Crippen molar-refractivity contribution in [2.24, 2.45) is 5.73 Å². The lowest BCUT2D eigenvalue weighted by Gasteiger charge is -2.14. The Morgan fingerprint density at radius 2 is 2.05 bits per heavy atom. The highest BCUT2D eigenvalue weighted by atomic mass is 16.4. The van der Waals surface area contributed by atoms with Crippen LogP contribution in [0.3, 0.4) is 0 Å². The topological polar surface area (TPSA) is 111 Å². The number of benzene rings is 1. The van der Waals surface area contributed by atoms with Gasteiger partial charge in [-0.3, -0.25) is 10.2 Å². The average molecular weight is 264 g/mol. The Morgan fingerprint density at radius 3 is 2.63 bits per heavy atom. The molecule has 0 heterocycles. The van der Waals surface area contributed by atoms with Gasteiger partial charge in [-0.2, -0.15) is 0 Å². The van der Waals surface area contributed by atoms with Crippen LogP contribution in [0.25, 0.3) is 0 Å². The second-order valence-corrected chi connectivity index (χ2v) is 4.24. The molecule has 0 aliphatic heterocycles. The van der Waals surface area contributed by atoms with Crippen LogP contribution in [-0.4, -0.2) is 29.6 Å². The second kappa shape index (κ2) is 8.10. The van der Waals surface area contributed by atoms with E-state index in [1.165, 1.54) is 0 Å². The van der Waals surface area contributed by atoms with Crippen molar-refractivity contribution < 1.29 is 9.90 Å². The minimum atomic E-state index is -0.862. The number of guanidine groups is 1. The first-order valence-corrected chi connectivity index (χ1v) is 6.17. The molecule has 0 unspecified atom stereocenters. The van der Waals surface area contributed by atoms with Gasteiger partial charge in [0.15, 0.2) is 5.96 Å². The van der Waals surface area contributed by atoms with Crippen molar-refractivity contribution in [1.82, 2.24) is 10.6 Å². The van der Waals surface area contributed by atoms with E-state index in [1.54, 1.807) is 0 Å². The normalized spacial score (nSPS) is 11.8. The van der Waals surface area contributed by atoms with Gasteiger partial charge >= 0.3 is 5.97 Å². The van der Waals surface area contributed by atoms with Gasteiger partial charge < -0.3 is 21.5 Å². The van der Waals surface area contributed by atoms with Gasteiger partial charge in [-0.05, 0) is 18.4 Å². The molecule has 1 atom stereocenters. The van der Waals surface area contributed by atoms with Gasteiger partial charge in [0.25, 0.3) is 0 Å². The number of carboxylic acid groups (broad SMARTS) is 1.